The third kappa shape index (κ3) is 5.66. The van der Waals surface area contributed by atoms with Gasteiger partial charge in [0, 0.05) is 49.4 Å². The van der Waals surface area contributed by atoms with Crippen LogP contribution in [0.3, 0.4) is 0 Å². The first-order valence-electron chi connectivity index (χ1n) is 23.3. The van der Waals surface area contributed by atoms with Crippen LogP contribution in [-0.4, -0.2) is 0 Å². The number of hydrogen-bond donors (Lipinski definition) is 0. The molecule has 3 nitrogen and oxygen atoms in total. The minimum Gasteiger partial charge on any atom is -0.455 e. The fraction of sp³-hybridized carbons (Fsp3) is 0.0154. The van der Waals surface area contributed by atoms with Gasteiger partial charge in [0.15, 0.2) is 0 Å². The molecule has 2 heterocycles. The maximum atomic E-state index is 6.61. The average molecular weight is 868 g/mol. The second kappa shape index (κ2) is 15.1. The Bertz CT molecular complexity index is 4050. The lowest BCUT2D eigenvalue weighted by molar-refractivity contribution is 0.670. The van der Waals surface area contributed by atoms with E-state index in [-0.39, 0.29) is 0 Å². The number of anilines is 3. The van der Waals surface area contributed by atoms with Gasteiger partial charge in [-0.2, -0.15) is 0 Å². The van der Waals surface area contributed by atoms with Crippen molar-refractivity contribution in [3.05, 3.63) is 271 Å². The molecular formula is C65H41NO2. The highest BCUT2D eigenvalue weighted by atomic mass is 16.3. The Balaban J connectivity index is 0.992. The summed E-state index contributed by atoms with van der Waals surface area (Å²) in [6.45, 7) is 0. The number of furan rings is 2. The van der Waals surface area contributed by atoms with Gasteiger partial charge in [-0.25, -0.2) is 0 Å². The summed E-state index contributed by atoms with van der Waals surface area (Å²) in [5.74, 6) is 0. The van der Waals surface area contributed by atoms with Gasteiger partial charge in [-0.3, -0.25) is 0 Å². The van der Waals surface area contributed by atoms with Gasteiger partial charge in [0.2, 0.25) is 0 Å². The van der Waals surface area contributed by atoms with E-state index in [4.69, 9.17) is 8.83 Å². The number of para-hydroxylation sites is 3. The molecule has 14 rings (SSSR count). The molecule has 318 valence electrons. The molecule has 2 aromatic heterocycles. The average Bonchev–Trinajstić information content (AvgIpc) is 4.08. The Labute approximate surface area is 393 Å². The van der Waals surface area contributed by atoms with E-state index in [2.05, 4.69) is 241 Å². The van der Waals surface area contributed by atoms with Gasteiger partial charge in [0.25, 0.3) is 0 Å². The van der Waals surface area contributed by atoms with Crippen molar-refractivity contribution < 1.29 is 8.83 Å². The number of rotatable bonds is 7. The summed E-state index contributed by atoms with van der Waals surface area (Å²) in [5.41, 5.74) is 18.1. The summed E-state index contributed by atoms with van der Waals surface area (Å²) in [6.07, 6.45) is 0. The molecule has 0 amide bonds. The molecule has 11 aromatic carbocycles. The van der Waals surface area contributed by atoms with Crippen LogP contribution in [0.15, 0.2) is 258 Å². The van der Waals surface area contributed by atoms with Crippen molar-refractivity contribution in [2.75, 3.05) is 4.90 Å². The second-order valence-electron chi connectivity index (χ2n) is 17.9. The number of benzene rings is 11. The van der Waals surface area contributed by atoms with Gasteiger partial charge in [-0.05, 0) is 104 Å². The minimum atomic E-state index is -0.553. The van der Waals surface area contributed by atoms with Crippen molar-refractivity contribution in [3.8, 4) is 33.4 Å². The summed E-state index contributed by atoms with van der Waals surface area (Å²) in [6, 6.07) is 90.2. The van der Waals surface area contributed by atoms with Gasteiger partial charge >= 0.3 is 0 Å². The molecule has 0 N–H and O–H groups in total. The molecule has 0 fully saturated rings. The van der Waals surface area contributed by atoms with Crippen LogP contribution in [0.5, 0.6) is 0 Å². The first-order valence-corrected chi connectivity index (χ1v) is 23.3. The normalized spacial score (nSPS) is 12.8. The zero-order valence-corrected chi connectivity index (χ0v) is 36.9. The zero-order chi connectivity index (χ0) is 44.8. The fourth-order valence-corrected chi connectivity index (χ4v) is 11.3. The number of nitrogens with zero attached hydrogens (tertiary/aromatic N) is 1. The fourth-order valence-electron chi connectivity index (χ4n) is 11.3. The highest BCUT2D eigenvalue weighted by Gasteiger charge is 2.46. The van der Waals surface area contributed by atoms with Crippen molar-refractivity contribution in [2.45, 2.75) is 5.41 Å². The van der Waals surface area contributed by atoms with Gasteiger partial charge < -0.3 is 13.7 Å². The molecular weight excluding hydrogens is 827 g/mol. The van der Waals surface area contributed by atoms with E-state index in [1.54, 1.807) is 0 Å². The number of hydrogen-bond acceptors (Lipinski definition) is 3. The molecule has 1 aliphatic rings. The Hall–Kier alpha value is -8.92. The molecule has 0 spiro atoms. The molecule has 1 aliphatic carbocycles. The molecule has 0 radical (unpaired) electrons. The van der Waals surface area contributed by atoms with E-state index in [0.29, 0.717) is 0 Å². The molecule has 13 aromatic rings. The standard InChI is InChI=1S/C65H41NO2/c1-3-17-45(18-4-1)65(46-19-5-2-6-20-46)58-27-12-9-23-52(58)53-38-36-48(41-59(53)65)66(47-34-30-43(31-35-47)51-25-15-26-55-54-24-11-14-29-61(54)67-63(51)55)60-28-13-10-21-49(60)44-33-39-62-57(40-44)56-37-32-42-16-7-8-22-50(42)64(56)68-62/h1-41H. The molecule has 3 heteroatoms. The summed E-state index contributed by atoms with van der Waals surface area (Å²) in [7, 11) is 0. The molecule has 0 bridgehead atoms. The highest BCUT2D eigenvalue weighted by Crippen LogP contribution is 2.57. The third-order valence-electron chi connectivity index (χ3n) is 14.4. The molecule has 68 heavy (non-hydrogen) atoms. The van der Waals surface area contributed by atoms with Crippen molar-refractivity contribution in [1.82, 2.24) is 0 Å². The van der Waals surface area contributed by atoms with Crippen LogP contribution in [0, 0.1) is 0 Å². The molecule has 0 atom stereocenters. The third-order valence-corrected chi connectivity index (χ3v) is 14.4. The second-order valence-corrected chi connectivity index (χ2v) is 17.9. The van der Waals surface area contributed by atoms with E-state index in [1.807, 2.05) is 12.1 Å². The van der Waals surface area contributed by atoms with E-state index in [0.717, 1.165) is 88.6 Å². The largest absolute Gasteiger partial charge is 0.455 e. The molecule has 0 unspecified atom stereocenters. The summed E-state index contributed by atoms with van der Waals surface area (Å²) in [5, 5.41) is 6.74. The minimum absolute atomic E-state index is 0.553. The maximum absolute atomic E-state index is 6.61. The van der Waals surface area contributed by atoms with E-state index < -0.39 is 5.41 Å². The van der Waals surface area contributed by atoms with Crippen molar-refractivity contribution in [1.29, 1.82) is 0 Å². The molecule has 0 saturated carbocycles. The predicted octanol–water partition coefficient (Wildman–Crippen LogP) is 17.8. The van der Waals surface area contributed by atoms with Gasteiger partial charge in [-0.1, -0.05) is 194 Å². The lowest BCUT2D eigenvalue weighted by Crippen LogP contribution is -2.28. The van der Waals surface area contributed by atoms with E-state index in [1.165, 1.54) is 38.8 Å². The highest BCUT2D eigenvalue weighted by molar-refractivity contribution is 6.16. The van der Waals surface area contributed by atoms with Crippen LogP contribution in [0.4, 0.5) is 17.1 Å². The van der Waals surface area contributed by atoms with E-state index in [9.17, 15) is 0 Å². The SMILES string of the molecule is c1ccc(C2(c3ccccc3)c3ccccc3-c3ccc(N(c4ccc(-c5cccc6c5oc5ccccc56)cc4)c4ccccc4-c4ccc5oc6c7ccccc7ccc6c5c4)cc32)cc1. The van der Waals surface area contributed by atoms with Crippen LogP contribution in [0.25, 0.3) is 88.0 Å². The smallest absolute Gasteiger partial charge is 0.143 e. The van der Waals surface area contributed by atoms with Gasteiger partial charge in [0.05, 0.1) is 11.1 Å². The maximum Gasteiger partial charge on any atom is 0.143 e. The van der Waals surface area contributed by atoms with E-state index >= 15 is 0 Å². The van der Waals surface area contributed by atoms with Crippen LogP contribution in [0.1, 0.15) is 22.3 Å². The Morgan fingerprint density at radius 2 is 0.897 bits per heavy atom. The van der Waals surface area contributed by atoms with Crippen molar-refractivity contribution >= 4 is 71.7 Å². The monoisotopic (exact) mass is 867 g/mol. The summed E-state index contributed by atoms with van der Waals surface area (Å²) >= 11 is 0. The first kappa shape index (κ1) is 38.4. The van der Waals surface area contributed by atoms with Crippen LogP contribution in [0.2, 0.25) is 0 Å². The summed E-state index contributed by atoms with van der Waals surface area (Å²) in [4.78, 5) is 2.44. The Morgan fingerprint density at radius 1 is 0.309 bits per heavy atom. The zero-order valence-electron chi connectivity index (χ0n) is 36.9. The summed E-state index contributed by atoms with van der Waals surface area (Å²) < 4.78 is 13.1. The van der Waals surface area contributed by atoms with Gasteiger partial charge in [-0.15, -0.1) is 0 Å². The quantitative estimate of drug-likeness (QED) is 0.160. The van der Waals surface area contributed by atoms with Crippen LogP contribution >= 0.6 is 0 Å². The Kier molecular flexibility index (Phi) is 8.50. The lowest BCUT2D eigenvalue weighted by atomic mass is 9.67. The molecule has 0 aliphatic heterocycles. The lowest BCUT2D eigenvalue weighted by Gasteiger charge is -2.35. The van der Waals surface area contributed by atoms with Crippen molar-refractivity contribution in [3.63, 3.8) is 0 Å². The topological polar surface area (TPSA) is 29.5 Å². The van der Waals surface area contributed by atoms with Crippen LogP contribution in [-0.2, 0) is 5.41 Å². The predicted molar refractivity (Wildman–Crippen MR) is 281 cm³/mol. The number of fused-ring (bicyclic) bond motifs is 11. The Morgan fingerprint density at radius 3 is 1.72 bits per heavy atom. The van der Waals surface area contributed by atoms with Crippen molar-refractivity contribution in [2.24, 2.45) is 0 Å². The van der Waals surface area contributed by atoms with Crippen LogP contribution < -0.4 is 4.90 Å². The molecule has 0 saturated heterocycles. The first-order chi connectivity index (χ1) is 33.7. The van der Waals surface area contributed by atoms with Gasteiger partial charge in [0.1, 0.15) is 22.3 Å².